The van der Waals surface area contributed by atoms with Crippen molar-refractivity contribution in [2.24, 2.45) is 5.92 Å². The molecule has 0 aromatic heterocycles. The van der Waals surface area contributed by atoms with Gasteiger partial charge in [-0.25, -0.2) is 4.79 Å². The van der Waals surface area contributed by atoms with Crippen molar-refractivity contribution in [1.29, 1.82) is 0 Å². The van der Waals surface area contributed by atoms with Crippen LogP contribution in [0, 0.1) is 5.92 Å². The molecule has 1 aliphatic heterocycles. The highest BCUT2D eigenvalue weighted by molar-refractivity contribution is 5.70. The maximum atomic E-state index is 12.8. The summed E-state index contributed by atoms with van der Waals surface area (Å²) in [4.78, 5) is 14.5. The number of hydrogen-bond acceptors (Lipinski definition) is 3. The summed E-state index contributed by atoms with van der Waals surface area (Å²) in [5, 5.41) is 0. The highest BCUT2D eigenvalue weighted by atomic mass is 16.6. The van der Waals surface area contributed by atoms with Gasteiger partial charge in [0.1, 0.15) is 0 Å². The van der Waals surface area contributed by atoms with Crippen LogP contribution in [-0.2, 0) is 16.0 Å². The predicted octanol–water partition coefficient (Wildman–Crippen LogP) is 5.69. The summed E-state index contributed by atoms with van der Waals surface area (Å²) in [6.07, 6.45) is 5.26. The fourth-order valence-electron chi connectivity index (χ4n) is 4.39. The van der Waals surface area contributed by atoms with E-state index < -0.39 is 12.3 Å². The second kappa shape index (κ2) is 8.78. The molecule has 2 aromatic carbocycles. The highest BCUT2D eigenvalue weighted by Crippen LogP contribution is 2.37. The summed E-state index contributed by atoms with van der Waals surface area (Å²) in [6.45, 7) is 2.65. The zero-order chi connectivity index (χ0) is 19.3. The van der Waals surface area contributed by atoms with Crippen LogP contribution in [0.1, 0.15) is 56.3 Å². The topological polar surface area (TPSA) is 38.8 Å². The molecule has 1 saturated heterocycles. The van der Waals surface area contributed by atoms with E-state index in [2.05, 4.69) is 6.92 Å². The molecule has 2 aromatic rings. The molecular formula is C24H29NO3. The summed E-state index contributed by atoms with van der Waals surface area (Å²) < 4.78 is 12.3. The van der Waals surface area contributed by atoms with Crippen LogP contribution in [0.25, 0.3) is 0 Å². The lowest BCUT2D eigenvalue weighted by molar-refractivity contribution is -0.112. The molecule has 4 heteroatoms. The van der Waals surface area contributed by atoms with E-state index in [4.69, 9.17) is 9.47 Å². The van der Waals surface area contributed by atoms with Crippen molar-refractivity contribution in [2.75, 3.05) is 0 Å². The van der Waals surface area contributed by atoms with E-state index in [1.54, 1.807) is 4.90 Å². The molecule has 28 heavy (non-hydrogen) atoms. The molecule has 0 radical (unpaired) electrons. The number of benzene rings is 2. The highest BCUT2D eigenvalue weighted by Gasteiger charge is 2.44. The largest absolute Gasteiger partial charge is 0.436 e. The average Bonchev–Trinajstić information content (AvgIpc) is 3.05. The zero-order valence-electron chi connectivity index (χ0n) is 16.5. The number of cyclic esters (lactones) is 1. The molecule has 0 N–H and O–H groups in total. The van der Waals surface area contributed by atoms with Crippen LogP contribution in [0.4, 0.5) is 4.79 Å². The minimum absolute atomic E-state index is 0.101. The Kier molecular flexibility index (Phi) is 5.96. The second-order valence-corrected chi connectivity index (χ2v) is 7.96. The van der Waals surface area contributed by atoms with Gasteiger partial charge in [0.2, 0.25) is 0 Å². The Bertz CT molecular complexity index is 758. The summed E-state index contributed by atoms with van der Waals surface area (Å²) in [7, 11) is 0. The van der Waals surface area contributed by atoms with Crippen molar-refractivity contribution in [3.63, 3.8) is 0 Å². The van der Waals surface area contributed by atoms with E-state index >= 15 is 0 Å². The van der Waals surface area contributed by atoms with Crippen LogP contribution in [0.15, 0.2) is 60.7 Å². The number of nitrogens with zero attached hydrogens (tertiary/aromatic N) is 1. The average molecular weight is 380 g/mol. The van der Waals surface area contributed by atoms with E-state index in [1.165, 1.54) is 32.1 Å². The fraction of sp³-hybridized carbons (Fsp3) is 0.458. The van der Waals surface area contributed by atoms with Gasteiger partial charge in [-0.1, -0.05) is 79.9 Å². The molecule has 4 nitrogen and oxygen atoms in total. The van der Waals surface area contributed by atoms with Crippen LogP contribution >= 0.6 is 0 Å². The molecule has 1 aliphatic carbocycles. The lowest BCUT2D eigenvalue weighted by Crippen LogP contribution is -2.40. The SMILES string of the molecule is CC(OC1C(c2ccccc2)OC(=O)N1Cc1ccccc1)C1CCCCC1. The summed E-state index contributed by atoms with van der Waals surface area (Å²) in [6, 6.07) is 20.0. The van der Waals surface area contributed by atoms with Crippen LogP contribution in [0.5, 0.6) is 0 Å². The first-order chi connectivity index (χ1) is 13.7. The normalized spacial score (nSPS) is 24.2. The van der Waals surface area contributed by atoms with Crippen molar-refractivity contribution < 1.29 is 14.3 Å². The summed E-state index contributed by atoms with van der Waals surface area (Å²) in [5.41, 5.74) is 2.05. The Morgan fingerprint density at radius 1 is 1.00 bits per heavy atom. The first-order valence-electron chi connectivity index (χ1n) is 10.4. The van der Waals surface area contributed by atoms with Crippen molar-refractivity contribution in [3.05, 3.63) is 71.8 Å². The van der Waals surface area contributed by atoms with E-state index in [0.717, 1.165) is 11.1 Å². The maximum absolute atomic E-state index is 12.8. The van der Waals surface area contributed by atoms with Gasteiger partial charge in [-0.05, 0) is 36.8 Å². The monoisotopic (exact) mass is 379 g/mol. The van der Waals surface area contributed by atoms with Gasteiger partial charge in [0.05, 0.1) is 12.6 Å². The van der Waals surface area contributed by atoms with Crippen LogP contribution in [-0.4, -0.2) is 23.3 Å². The maximum Gasteiger partial charge on any atom is 0.413 e. The van der Waals surface area contributed by atoms with E-state index in [0.29, 0.717) is 12.5 Å². The molecule has 3 atom stereocenters. The molecule has 1 heterocycles. The van der Waals surface area contributed by atoms with Crippen molar-refractivity contribution in [3.8, 4) is 0 Å². The molecule has 148 valence electrons. The van der Waals surface area contributed by atoms with Gasteiger partial charge < -0.3 is 9.47 Å². The number of carbonyl (C=O) groups excluding carboxylic acids is 1. The Balaban J connectivity index is 1.57. The molecule has 1 saturated carbocycles. The molecule has 2 aliphatic rings. The van der Waals surface area contributed by atoms with Crippen LogP contribution in [0.2, 0.25) is 0 Å². The minimum atomic E-state index is -0.410. The van der Waals surface area contributed by atoms with Gasteiger partial charge in [0, 0.05) is 0 Å². The third-order valence-electron chi connectivity index (χ3n) is 6.02. The van der Waals surface area contributed by atoms with E-state index in [-0.39, 0.29) is 12.2 Å². The van der Waals surface area contributed by atoms with Crippen molar-refractivity contribution >= 4 is 6.09 Å². The summed E-state index contributed by atoms with van der Waals surface area (Å²) in [5.74, 6) is 0.555. The number of hydrogen-bond donors (Lipinski definition) is 0. The second-order valence-electron chi connectivity index (χ2n) is 7.96. The Morgan fingerprint density at radius 2 is 1.64 bits per heavy atom. The summed E-state index contributed by atoms with van der Waals surface area (Å²) >= 11 is 0. The van der Waals surface area contributed by atoms with Gasteiger partial charge >= 0.3 is 6.09 Å². The molecular weight excluding hydrogens is 350 g/mol. The minimum Gasteiger partial charge on any atom is -0.436 e. The molecule has 2 fully saturated rings. The number of carbonyl (C=O) groups is 1. The Morgan fingerprint density at radius 3 is 2.32 bits per heavy atom. The Labute approximate surface area is 167 Å². The lowest BCUT2D eigenvalue weighted by Gasteiger charge is -2.33. The van der Waals surface area contributed by atoms with E-state index in [1.807, 2.05) is 60.7 Å². The number of rotatable bonds is 6. The number of ether oxygens (including phenoxy) is 2. The predicted molar refractivity (Wildman–Crippen MR) is 109 cm³/mol. The van der Waals surface area contributed by atoms with Gasteiger partial charge in [-0.15, -0.1) is 0 Å². The molecule has 0 bridgehead atoms. The van der Waals surface area contributed by atoms with Crippen molar-refractivity contribution in [1.82, 2.24) is 4.90 Å². The number of amides is 1. The van der Waals surface area contributed by atoms with Gasteiger partial charge in [0.15, 0.2) is 12.3 Å². The molecule has 1 amide bonds. The van der Waals surface area contributed by atoms with Crippen LogP contribution in [0.3, 0.4) is 0 Å². The molecule has 4 rings (SSSR count). The first-order valence-corrected chi connectivity index (χ1v) is 10.4. The third-order valence-corrected chi connectivity index (χ3v) is 6.02. The smallest absolute Gasteiger partial charge is 0.413 e. The standard InChI is InChI=1S/C24H29NO3/c1-18(20-13-7-3-8-14-20)27-23-22(21-15-9-4-10-16-21)28-24(26)25(23)17-19-11-5-2-6-12-19/h2,4-6,9-12,15-16,18,20,22-23H,3,7-8,13-14,17H2,1H3. The first kappa shape index (κ1) is 19.0. The molecule has 0 spiro atoms. The third kappa shape index (κ3) is 4.22. The van der Waals surface area contributed by atoms with Gasteiger partial charge in [0.25, 0.3) is 0 Å². The van der Waals surface area contributed by atoms with Gasteiger partial charge in [-0.3, -0.25) is 4.90 Å². The molecule has 3 unspecified atom stereocenters. The quantitative estimate of drug-likeness (QED) is 0.647. The van der Waals surface area contributed by atoms with Crippen molar-refractivity contribution in [2.45, 2.75) is 64.0 Å². The van der Waals surface area contributed by atoms with Crippen LogP contribution < -0.4 is 0 Å². The van der Waals surface area contributed by atoms with Gasteiger partial charge in [-0.2, -0.15) is 0 Å². The Hall–Kier alpha value is -2.33. The van der Waals surface area contributed by atoms with E-state index in [9.17, 15) is 4.79 Å². The fourth-order valence-corrected chi connectivity index (χ4v) is 4.39. The zero-order valence-corrected chi connectivity index (χ0v) is 16.5. The lowest BCUT2D eigenvalue weighted by atomic mass is 9.86.